The Morgan fingerprint density at radius 2 is 2.04 bits per heavy atom. The number of aromatic nitrogens is 1. The highest BCUT2D eigenvalue weighted by Gasteiger charge is 2.21. The van der Waals surface area contributed by atoms with Gasteiger partial charge in [0.25, 0.3) is 0 Å². The van der Waals surface area contributed by atoms with Crippen molar-refractivity contribution in [2.24, 2.45) is 0 Å². The van der Waals surface area contributed by atoms with Gasteiger partial charge in [-0.3, -0.25) is 14.1 Å². The Morgan fingerprint density at radius 1 is 1.28 bits per heavy atom. The number of anilines is 1. The van der Waals surface area contributed by atoms with Crippen LogP contribution in [0.2, 0.25) is 5.02 Å². The minimum atomic E-state index is -3.54. The van der Waals surface area contributed by atoms with Crippen molar-refractivity contribution in [3.8, 4) is 0 Å². The van der Waals surface area contributed by atoms with Crippen LogP contribution < -0.4 is 9.62 Å². The molecule has 1 aromatic carbocycles. The van der Waals surface area contributed by atoms with Crippen molar-refractivity contribution in [3.05, 3.63) is 58.9 Å². The monoisotopic (exact) mass is 381 g/mol. The molecule has 0 aliphatic carbocycles. The van der Waals surface area contributed by atoms with Crippen molar-refractivity contribution in [1.29, 1.82) is 0 Å². The van der Waals surface area contributed by atoms with Crippen molar-refractivity contribution < 1.29 is 13.2 Å². The number of hydrogen-bond acceptors (Lipinski definition) is 4. The van der Waals surface area contributed by atoms with Crippen LogP contribution >= 0.6 is 11.6 Å². The molecule has 0 saturated carbocycles. The number of sulfonamides is 1. The molecule has 0 fully saturated rings. The van der Waals surface area contributed by atoms with Crippen molar-refractivity contribution in [1.82, 2.24) is 10.3 Å². The number of nitrogens with zero attached hydrogens (tertiary/aromatic N) is 2. The third-order valence-electron chi connectivity index (χ3n) is 3.66. The molecule has 0 unspecified atom stereocenters. The first-order chi connectivity index (χ1) is 11.8. The Labute approximate surface area is 152 Å². The average Bonchev–Trinajstić information content (AvgIpc) is 2.56. The molecule has 6 nitrogen and oxygen atoms in total. The zero-order valence-corrected chi connectivity index (χ0v) is 15.6. The maximum absolute atomic E-state index is 12.1. The van der Waals surface area contributed by atoms with E-state index in [0.717, 1.165) is 11.8 Å². The van der Waals surface area contributed by atoms with Crippen LogP contribution in [0.5, 0.6) is 0 Å². The van der Waals surface area contributed by atoms with E-state index in [1.54, 1.807) is 43.6 Å². The summed E-state index contributed by atoms with van der Waals surface area (Å²) < 4.78 is 25.5. The standard InChI is InChI=1S/C17H20ClN3O3S/c1-13-15(18)6-3-7-16(13)21(25(2,23)24)10-8-17(22)20-12-14-5-4-9-19-11-14/h3-7,9,11H,8,10,12H2,1-2H3,(H,20,22). The molecule has 0 radical (unpaired) electrons. The van der Waals surface area contributed by atoms with Crippen LogP contribution in [0, 0.1) is 6.92 Å². The summed E-state index contributed by atoms with van der Waals surface area (Å²) in [5.74, 6) is -0.239. The highest BCUT2D eigenvalue weighted by Crippen LogP contribution is 2.28. The fraction of sp³-hybridized carbons (Fsp3) is 0.294. The van der Waals surface area contributed by atoms with Crippen LogP contribution in [0.3, 0.4) is 0 Å². The lowest BCUT2D eigenvalue weighted by molar-refractivity contribution is -0.121. The topological polar surface area (TPSA) is 79.4 Å². The highest BCUT2D eigenvalue weighted by atomic mass is 35.5. The van der Waals surface area contributed by atoms with Crippen molar-refractivity contribution in [2.75, 3.05) is 17.1 Å². The van der Waals surface area contributed by atoms with E-state index in [2.05, 4.69) is 10.3 Å². The van der Waals surface area contributed by atoms with Crippen LogP contribution in [0.1, 0.15) is 17.5 Å². The maximum atomic E-state index is 12.1. The quantitative estimate of drug-likeness (QED) is 0.799. The van der Waals surface area contributed by atoms with E-state index < -0.39 is 10.0 Å². The summed E-state index contributed by atoms with van der Waals surface area (Å²) in [6.07, 6.45) is 4.47. The molecule has 2 aromatic rings. The summed E-state index contributed by atoms with van der Waals surface area (Å²) >= 11 is 6.08. The number of rotatable bonds is 7. The van der Waals surface area contributed by atoms with Crippen molar-refractivity contribution in [3.63, 3.8) is 0 Å². The minimum Gasteiger partial charge on any atom is -0.352 e. The minimum absolute atomic E-state index is 0.0406. The number of pyridine rings is 1. The third-order valence-corrected chi connectivity index (χ3v) is 5.25. The number of amides is 1. The van der Waals surface area contributed by atoms with Crippen molar-refractivity contribution >= 4 is 33.2 Å². The second-order valence-corrected chi connectivity index (χ2v) is 7.92. The summed E-state index contributed by atoms with van der Waals surface area (Å²) in [7, 11) is -3.54. The van der Waals surface area contributed by atoms with E-state index >= 15 is 0 Å². The summed E-state index contributed by atoms with van der Waals surface area (Å²) in [5, 5.41) is 3.24. The van der Waals surface area contributed by atoms with Gasteiger partial charge in [-0.2, -0.15) is 0 Å². The van der Waals surface area contributed by atoms with Gasteiger partial charge in [-0.05, 0) is 36.2 Å². The molecule has 1 aromatic heterocycles. The normalized spacial score (nSPS) is 11.2. The van der Waals surface area contributed by atoms with E-state index in [1.165, 1.54) is 4.31 Å². The number of benzene rings is 1. The third kappa shape index (κ3) is 5.44. The lowest BCUT2D eigenvalue weighted by Gasteiger charge is -2.24. The molecule has 1 amide bonds. The Hall–Kier alpha value is -2.12. The summed E-state index contributed by atoms with van der Waals surface area (Å²) in [5.41, 5.74) is 2.02. The van der Waals surface area contributed by atoms with Gasteiger partial charge in [0.15, 0.2) is 0 Å². The Balaban J connectivity index is 2.03. The number of hydrogen-bond donors (Lipinski definition) is 1. The fourth-order valence-corrected chi connectivity index (χ4v) is 3.47. The molecular formula is C17H20ClN3O3S. The van der Waals surface area contributed by atoms with Gasteiger partial charge in [-0.1, -0.05) is 23.7 Å². The summed E-state index contributed by atoms with van der Waals surface area (Å²) in [6.45, 7) is 2.14. The van der Waals surface area contributed by atoms with Crippen LogP contribution in [-0.2, 0) is 21.4 Å². The summed E-state index contributed by atoms with van der Waals surface area (Å²) in [4.78, 5) is 16.0. The van der Waals surface area contributed by atoms with E-state index in [0.29, 0.717) is 22.8 Å². The van der Waals surface area contributed by atoms with Crippen LogP contribution in [0.15, 0.2) is 42.7 Å². The van der Waals surface area contributed by atoms with Crippen LogP contribution in [0.25, 0.3) is 0 Å². The Kier molecular flexibility index (Phi) is 6.39. The highest BCUT2D eigenvalue weighted by molar-refractivity contribution is 7.92. The molecule has 25 heavy (non-hydrogen) atoms. The van der Waals surface area contributed by atoms with E-state index in [1.807, 2.05) is 6.07 Å². The maximum Gasteiger partial charge on any atom is 0.232 e. The molecular weight excluding hydrogens is 362 g/mol. The van der Waals surface area contributed by atoms with Gasteiger partial charge < -0.3 is 5.32 Å². The first-order valence-corrected chi connectivity index (χ1v) is 9.90. The van der Waals surface area contributed by atoms with E-state index in [4.69, 9.17) is 11.6 Å². The first kappa shape index (κ1) is 19.2. The first-order valence-electron chi connectivity index (χ1n) is 7.67. The number of nitrogens with one attached hydrogen (secondary N) is 1. The molecule has 1 N–H and O–H groups in total. The molecule has 2 rings (SSSR count). The van der Waals surface area contributed by atoms with Crippen LogP contribution in [-0.4, -0.2) is 32.1 Å². The fourth-order valence-electron chi connectivity index (χ4n) is 2.33. The molecule has 0 aliphatic heterocycles. The lowest BCUT2D eigenvalue weighted by Crippen LogP contribution is -2.35. The average molecular weight is 382 g/mol. The molecule has 134 valence electrons. The lowest BCUT2D eigenvalue weighted by atomic mass is 10.2. The molecule has 0 atom stereocenters. The van der Waals surface area contributed by atoms with E-state index in [-0.39, 0.29) is 18.9 Å². The van der Waals surface area contributed by atoms with Gasteiger partial charge in [-0.15, -0.1) is 0 Å². The van der Waals surface area contributed by atoms with Gasteiger partial charge in [0, 0.05) is 36.9 Å². The molecule has 0 bridgehead atoms. The van der Waals surface area contributed by atoms with Gasteiger partial charge >= 0.3 is 0 Å². The predicted octanol–water partition coefficient (Wildman–Crippen LogP) is 2.52. The second kappa shape index (κ2) is 8.31. The van der Waals surface area contributed by atoms with Gasteiger partial charge in [0.05, 0.1) is 11.9 Å². The molecule has 0 spiro atoms. The van der Waals surface area contributed by atoms with Crippen molar-refractivity contribution in [2.45, 2.75) is 19.9 Å². The zero-order valence-electron chi connectivity index (χ0n) is 14.1. The largest absolute Gasteiger partial charge is 0.352 e. The molecule has 8 heteroatoms. The van der Waals surface area contributed by atoms with Gasteiger partial charge in [-0.25, -0.2) is 8.42 Å². The number of carbonyl (C=O) groups is 1. The Morgan fingerprint density at radius 3 is 2.68 bits per heavy atom. The molecule has 0 aliphatic rings. The van der Waals surface area contributed by atoms with Gasteiger partial charge in [0.2, 0.25) is 15.9 Å². The number of halogens is 1. The summed E-state index contributed by atoms with van der Waals surface area (Å²) in [6, 6.07) is 8.70. The molecule has 1 heterocycles. The van der Waals surface area contributed by atoms with Crippen LogP contribution in [0.4, 0.5) is 5.69 Å². The number of carbonyl (C=O) groups excluding carboxylic acids is 1. The predicted molar refractivity (Wildman–Crippen MR) is 99.1 cm³/mol. The van der Waals surface area contributed by atoms with Gasteiger partial charge in [0.1, 0.15) is 0 Å². The second-order valence-electron chi connectivity index (χ2n) is 5.61. The molecule has 0 saturated heterocycles. The Bertz CT molecular complexity index is 841. The SMILES string of the molecule is Cc1c(Cl)cccc1N(CCC(=O)NCc1cccnc1)S(C)(=O)=O. The zero-order chi connectivity index (χ0) is 18.4. The smallest absolute Gasteiger partial charge is 0.232 e. The van der Waals surface area contributed by atoms with E-state index in [9.17, 15) is 13.2 Å².